The van der Waals surface area contributed by atoms with Crippen molar-refractivity contribution in [3.05, 3.63) is 34.2 Å². The van der Waals surface area contributed by atoms with Crippen LogP contribution < -0.4 is 16.1 Å². The Bertz CT molecular complexity index is 721. The van der Waals surface area contributed by atoms with E-state index in [1.54, 1.807) is 0 Å². The van der Waals surface area contributed by atoms with Gasteiger partial charge in [-0.3, -0.25) is 0 Å². The predicted octanol–water partition coefficient (Wildman–Crippen LogP) is -0.255. The standard InChI is InChI=1S/C13H13NO6/c1-19-7-4-9(15)12-6(2-8(14)13(17)18)3-11(16)20-10(12)5-7/h3-5,8,15H,2,14H2,1H3,(H,17,18)/p+1/t8-/m0/s1. The summed E-state index contributed by atoms with van der Waals surface area (Å²) in [6.07, 6.45) is 0.0112. The predicted molar refractivity (Wildman–Crippen MR) is 68.7 cm³/mol. The molecule has 0 saturated heterocycles. The lowest BCUT2D eigenvalue weighted by molar-refractivity contribution is -0.407. The largest absolute Gasteiger partial charge is 0.507 e. The van der Waals surface area contributed by atoms with Crippen molar-refractivity contribution < 1.29 is 29.9 Å². The molecule has 1 aromatic heterocycles. The minimum absolute atomic E-state index is 0.0112. The first-order chi connectivity index (χ1) is 9.42. The van der Waals surface area contributed by atoms with Crippen molar-refractivity contribution in [1.82, 2.24) is 0 Å². The Kier molecular flexibility index (Phi) is 3.62. The summed E-state index contributed by atoms with van der Waals surface area (Å²) < 4.78 is 9.98. The number of carbonyl (C=O) groups is 1. The second-order valence-corrected chi connectivity index (χ2v) is 4.35. The van der Waals surface area contributed by atoms with Gasteiger partial charge in [0, 0.05) is 24.6 Å². The molecule has 106 valence electrons. The van der Waals surface area contributed by atoms with E-state index in [0.29, 0.717) is 16.7 Å². The zero-order chi connectivity index (χ0) is 14.9. The molecule has 2 rings (SSSR count). The molecule has 0 spiro atoms. The Hall–Kier alpha value is -2.54. The van der Waals surface area contributed by atoms with Crippen LogP contribution in [0.5, 0.6) is 11.5 Å². The Morgan fingerprint density at radius 3 is 2.75 bits per heavy atom. The van der Waals surface area contributed by atoms with Gasteiger partial charge in [-0.15, -0.1) is 0 Å². The number of carboxylic acid groups (broad SMARTS) is 1. The number of fused-ring (bicyclic) bond motifs is 1. The van der Waals surface area contributed by atoms with E-state index in [1.165, 1.54) is 19.2 Å². The van der Waals surface area contributed by atoms with Gasteiger partial charge in [0.1, 0.15) is 17.1 Å². The molecule has 7 nitrogen and oxygen atoms in total. The summed E-state index contributed by atoms with van der Waals surface area (Å²) in [5.41, 5.74) is 3.38. The molecule has 0 aliphatic rings. The smallest absolute Gasteiger partial charge is 0.362 e. The molecule has 2 aromatic rings. The van der Waals surface area contributed by atoms with E-state index in [9.17, 15) is 14.7 Å². The molecule has 0 aliphatic heterocycles. The number of benzene rings is 1. The van der Waals surface area contributed by atoms with Gasteiger partial charge < -0.3 is 25.1 Å². The van der Waals surface area contributed by atoms with E-state index in [1.807, 2.05) is 0 Å². The van der Waals surface area contributed by atoms with Crippen LogP contribution in [-0.4, -0.2) is 29.3 Å². The summed E-state index contributed by atoms with van der Waals surface area (Å²) in [6, 6.07) is 3.06. The van der Waals surface area contributed by atoms with Crippen molar-refractivity contribution >= 4 is 16.9 Å². The monoisotopic (exact) mass is 280 g/mol. The van der Waals surface area contributed by atoms with Crippen LogP contribution in [0.4, 0.5) is 0 Å². The molecule has 1 atom stereocenters. The fourth-order valence-corrected chi connectivity index (χ4v) is 1.96. The van der Waals surface area contributed by atoms with Crippen molar-refractivity contribution in [1.29, 1.82) is 0 Å². The van der Waals surface area contributed by atoms with Gasteiger partial charge in [0.2, 0.25) is 0 Å². The maximum atomic E-state index is 11.5. The Morgan fingerprint density at radius 2 is 2.15 bits per heavy atom. The Balaban J connectivity index is 2.65. The molecule has 0 saturated carbocycles. The zero-order valence-electron chi connectivity index (χ0n) is 10.8. The molecule has 1 heterocycles. The summed E-state index contributed by atoms with van der Waals surface area (Å²) in [6.45, 7) is 0. The molecule has 0 aliphatic carbocycles. The van der Waals surface area contributed by atoms with E-state index in [-0.39, 0.29) is 17.8 Å². The normalized spacial score (nSPS) is 12.3. The van der Waals surface area contributed by atoms with Crippen LogP contribution in [0.1, 0.15) is 5.56 Å². The summed E-state index contributed by atoms with van der Waals surface area (Å²) in [5.74, 6) is -0.894. The topological polar surface area (TPSA) is 125 Å². The number of phenolic OH excluding ortho intramolecular Hbond substituents is 1. The molecule has 0 amide bonds. The van der Waals surface area contributed by atoms with Gasteiger partial charge >= 0.3 is 11.6 Å². The summed E-state index contributed by atoms with van der Waals surface area (Å²) >= 11 is 0. The van der Waals surface area contributed by atoms with E-state index in [4.69, 9.17) is 14.3 Å². The number of carboxylic acids is 1. The molecule has 0 unspecified atom stereocenters. The highest BCUT2D eigenvalue weighted by molar-refractivity contribution is 5.88. The van der Waals surface area contributed by atoms with E-state index < -0.39 is 17.6 Å². The second-order valence-electron chi connectivity index (χ2n) is 4.35. The molecule has 5 N–H and O–H groups in total. The van der Waals surface area contributed by atoms with E-state index in [0.717, 1.165) is 6.07 Å². The molecule has 20 heavy (non-hydrogen) atoms. The first kappa shape index (κ1) is 13.9. The van der Waals surface area contributed by atoms with Crippen molar-refractivity contribution in [3.8, 4) is 11.5 Å². The van der Waals surface area contributed by atoms with Crippen molar-refractivity contribution in [2.24, 2.45) is 0 Å². The lowest BCUT2D eigenvalue weighted by Crippen LogP contribution is -2.66. The Morgan fingerprint density at radius 1 is 1.45 bits per heavy atom. The molecule has 1 aromatic carbocycles. The van der Waals surface area contributed by atoms with Gasteiger partial charge in [-0.2, -0.15) is 0 Å². The Labute approximate surface area is 113 Å². The van der Waals surface area contributed by atoms with Crippen LogP contribution in [0, 0.1) is 0 Å². The highest BCUT2D eigenvalue weighted by Crippen LogP contribution is 2.32. The third-order valence-electron chi connectivity index (χ3n) is 2.93. The first-order valence-corrected chi connectivity index (χ1v) is 5.82. The number of phenols is 1. The van der Waals surface area contributed by atoms with Crippen LogP contribution in [0.2, 0.25) is 0 Å². The van der Waals surface area contributed by atoms with Crippen LogP contribution in [0.15, 0.2) is 27.4 Å². The van der Waals surface area contributed by atoms with Crippen LogP contribution in [-0.2, 0) is 11.2 Å². The van der Waals surface area contributed by atoms with Gasteiger partial charge in [0.15, 0.2) is 6.04 Å². The maximum Gasteiger partial charge on any atom is 0.362 e. The summed E-state index contributed by atoms with van der Waals surface area (Å²) in [5, 5.41) is 19.2. The molecule has 7 heteroatoms. The highest BCUT2D eigenvalue weighted by atomic mass is 16.5. The minimum atomic E-state index is -1.08. The van der Waals surface area contributed by atoms with Crippen LogP contribution >= 0.6 is 0 Å². The number of methoxy groups -OCH3 is 1. The lowest BCUT2D eigenvalue weighted by Gasteiger charge is -2.09. The highest BCUT2D eigenvalue weighted by Gasteiger charge is 2.20. The van der Waals surface area contributed by atoms with E-state index in [2.05, 4.69) is 5.73 Å². The average molecular weight is 280 g/mol. The third-order valence-corrected chi connectivity index (χ3v) is 2.93. The van der Waals surface area contributed by atoms with Gasteiger partial charge in [0.25, 0.3) is 0 Å². The summed E-state index contributed by atoms with van der Waals surface area (Å²) in [7, 11) is 1.42. The quantitative estimate of drug-likeness (QED) is 0.663. The SMILES string of the molecule is COc1cc(O)c2c(C[C@H]([NH3+])C(=O)O)cc(=O)oc2c1. The minimum Gasteiger partial charge on any atom is -0.507 e. The fraction of sp³-hybridized carbons (Fsp3) is 0.231. The molecular formula is C13H14NO6+. The molecule has 0 radical (unpaired) electrons. The van der Waals surface area contributed by atoms with Crippen molar-refractivity contribution in [2.75, 3.05) is 7.11 Å². The third kappa shape index (κ3) is 2.57. The number of hydrogen-bond donors (Lipinski definition) is 3. The van der Waals surface area contributed by atoms with Crippen molar-refractivity contribution in [3.63, 3.8) is 0 Å². The molecular weight excluding hydrogens is 266 g/mol. The number of aromatic hydroxyl groups is 1. The van der Waals surface area contributed by atoms with Crippen LogP contribution in [0.25, 0.3) is 11.0 Å². The maximum absolute atomic E-state index is 11.5. The zero-order valence-corrected chi connectivity index (χ0v) is 10.8. The van der Waals surface area contributed by atoms with Gasteiger partial charge in [-0.05, 0) is 5.56 Å². The number of hydrogen-bond acceptors (Lipinski definition) is 5. The summed E-state index contributed by atoms with van der Waals surface area (Å²) in [4.78, 5) is 22.4. The van der Waals surface area contributed by atoms with E-state index >= 15 is 0 Å². The number of ether oxygens (including phenoxy) is 1. The van der Waals surface area contributed by atoms with Crippen LogP contribution in [0.3, 0.4) is 0 Å². The number of aliphatic carboxylic acids is 1. The molecule has 0 bridgehead atoms. The molecule has 0 fully saturated rings. The first-order valence-electron chi connectivity index (χ1n) is 5.82. The van der Waals surface area contributed by atoms with Crippen molar-refractivity contribution in [2.45, 2.75) is 12.5 Å². The fourth-order valence-electron chi connectivity index (χ4n) is 1.96. The van der Waals surface area contributed by atoms with Gasteiger partial charge in [0.05, 0.1) is 12.5 Å². The number of rotatable bonds is 4. The lowest BCUT2D eigenvalue weighted by atomic mass is 10.0. The second kappa shape index (κ2) is 5.22. The van der Waals surface area contributed by atoms with Gasteiger partial charge in [-0.1, -0.05) is 0 Å². The number of quaternary nitrogens is 1. The van der Waals surface area contributed by atoms with Gasteiger partial charge in [-0.25, -0.2) is 9.59 Å². The average Bonchev–Trinajstić information content (AvgIpc) is 2.37.